The van der Waals surface area contributed by atoms with Gasteiger partial charge in [0.15, 0.2) is 0 Å². The molecule has 1 unspecified atom stereocenters. The zero-order valence-electron chi connectivity index (χ0n) is 2.05. The van der Waals surface area contributed by atoms with Gasteiger partial charge in [0.1, 0.15) is 0 Å². The average Bonchev–Trinajstić information content (AvgIpc) is 1.38. The van der Waals surface area contributed by atoms with Gasteiger partial charge in [-0.1, -0.05) is 0 Å². The Hall–Kier alpha value is 0.420. The Labute approximate surface area is 35.6 Å². The van der Waals surface area contributed by atoms with Gasteiger partial charge in [0, 0.05) is 11.2 Å². The number of hydrogen-bond acceptors (Lipinski definition) is 3. The standard InChI is InChI=1S/FHO2S2/c1-5(4)3-2/h2H. The third-order valence-electron chi connectivity index (χ3n) is 0.0586. The molecule has 5 heteroatoms. The summed E-state index contributed by atoms with van der Waals surface area (Å²) < 4.78 is 13.7. The maximum atomic E-state index is 10.8. The van der Waals surface area contributed by atoms with Crippen LogP contribution in [-0.2, 0) is 25.6 Å². The van der Waals surface area contributed by atoms with Gasteiger partial charge < -0.3 is 0 Å². The van der Waals surface area contributed by atoms with Crippen molar-refractivity contribution in [3.8, 4) is 0 Å². The van der Waals surface area contributed by atoms with Crippen molar-refractivity contribution in [3.05, 3.63) is 0 Å². The van der Waals surface area contributed by atoms with E-state index in [1.165, 1.54) is 0 Å². The van der Waals surface area contributed by atoms with Crippen molar-refractivity contribution >= 4 is 21.3 Å². The van der Waals surface area contributed by atoms with Crippen LogP contribution < -0.4 is 0 Å². The lowest BCUT2D eigenvalue weighted by molar-refractivity contribution is -0.123. The molecule has 5 heavy (non-hydrogen) atoms. The molecule has 0 amide bonds. The maximum Gasteiger partial charge on any atom is 0.224 e. The second kappa shape index (κ2) is 2.65. The van der Waals surface area contributed by atoms with Crippen LogP contribution in [0.5, 0.6) is 0 Å². The van der Waals surface area contributed by atoms with E-state index >= 15 is 0 Å². The molecule has 2 nitrogen and oxygen atoms in total. The molecule has 0 aromatic rings. The number of rotatable bonds is 1. The molecule has 0 aliphatic heterocycles. The molecule has 0 spiro atoms. The van der Waals surface area contributed by atoms with Gasteiger partial charge >= 0.3 is 0 Å². The summed E-state index contributed by atoms with van der Waals surface area (Å²) in [5.41, 5.74) is 0. The molecule has 32 valence electrons. The van der Waals surface area contributed by atoms with Gasteiger partial charge in [-0.2, -0.15) is 0 Å². The summed E-state index contributed by atoms with van der Waals surface area (Å²) in [5, 5.41) is 7.18. The van der Waals surface area contributed by atoms with Crippen LogP contribution in [0.15, 0.2) is 0 Å². The van der Waals surface area contributed by atoms with Crippen LogP contribution in [0.4, 0.5) is 3.89 Å². The molecule has 0 aliphatic carbocycles. The fraction of sp³-hybridized carbons (Fsp3) is 0. The van der Waals surface area contributed by atoms with Crippen LogP contribution in [0.1, 0.15) is 0 Å². The number of halogens is 1. The lowest BCUT2D eigenvalue weighted by atomic mass is 15.0. The summed E-state index contributed by atoms with van der Waals surface area (Å²) in [5.74, 6) is 0. The molecule has 1 N–H and O–H groups in total. The minimum absolute atomic E-state index is 2.18. The van der Waals surface area contributed by atoms with E-state index in [1.54, 1.807) is 0 Å². The second-order valence-electron chi connectivity index (χ2n) is 0.269. The molecule has 0 heterocycles. The summed E-state index contributed by atoms with van der Waals surface area (Å²) in [6.07, 6.45) is 0. The Morgan fingerprint density at radius 2 is 2.20 bits per heavy atom. The molecular weight excluding hydrogens is 115 g/mol. The summed E-state index contributed by atoms with van der Waals surface area (Å²) in [6.45, 7) is 0. The summed E-state index contributed by atoms with van der Waals surface area (Å²) in [6, 6.07) is 0. The topological polar surface area (TPSA) is 29.5 Å². The molecule has 0 aromatic carbocycles. The normalized spacial score (nSPS) is 14.8. The van der Waals surface area contributed by atoms with E-state index in [2.05, 4.69) is 15.5 Å². The van der Waals surface area contributed by atoms with Gasteiger partial charge in [0.2, 0.25) is 10.1 Å². The predicted octanol–water partition coefficient (Wildman–Crippen LogP) is 0.356. The lowest BCUT2D eigenvalue weighted by Gasteiger charge is -1.74. The van der Waals surface area contributed by atoms with Crippen molar-refractivity contribution in [1.29, 1.82) is 0 Å². The smallest absolute Gasteiger partial charge is 0.224 e. The molecule has 0 aromatic heterocycles. The molecule has 0 saturated carbocycles. The molecule has 0 saturated heterocycles. The van der Waals surface area contributed by atoms with E-state index in [0.717, 1.165) is 0 Å². The first-order valence-corrected chi connectivity index (χ1v) is 2.65. The highest BCUT2D eigenvalue weighted by atomic mass is 32.8. The zero-order valence-corrected chi connectivity index (χ0v) is 3.68. The largest absolute Gasteiger partial charge is 0.237 e. The quantitative estimate of drug-likeness (QED) is 0.304. The van der Waals surface area contributed by atoms with Crippen molar-refractivity contribution in [1.82, 2.24) is 0 Å². The van der Waals surface area contributed by atoms with Crippen molar-refractivity contribution in [3.63, 3.8) is 0 Å². The van der Waals surface area contributed by atoms with Gasteiger partial charge in [-0.25, -0.2) is 5.26 Å². The van der Waals surface area contributed by atoms with E-state index in [-0.39, 0.29) is 0 Å². The third kappa shape index (κ3) is 4.42. The lowest BCUT2D eigenvalue weighted by Crippen LogP contribution is -1.75. The highest BCUT2D eigenvalue weighted by Crippen LogP contribution is 1.77. The summed E-state index contributed by atoms with van der Waals surface area (Å²) in [7, 11) is -2.18. The van der Waals surface area contributed by atoms with Gasteiger partial charge in [-0.05, 0) is 0 Å². The summed E-state index contributed by atoms with van der Waals surface area (Å²) in [4.78, 5) is 0. The van der Waals surface area contributed by atoms with Crippen molar-refractivity contribution in [2.24, 2.45) is 0 Å². The van der Waals surface area contributed by atoms with E-state index < -0.39 is 10.1 Å². The van der Waals surface area contributed by atoms with Gasteiger partial charge in [0.25, 0.3) is 0 Å². The first kappa shape index (κ1) is 5.42. The minimum atomic E-state index is -2.18. The Bertz CT molecular complexity index is 42.9. The molecular formula is HFO2S2. The van der Waals surface area contributed by atoms with Crippen molar-refractivity contribution in [2.45, 2.75) is 0 Å². The van der Waals surface area contributed by atoms with Gasteiger partial charge in [-0.3, -0.25) is 0 Å². The Morgan fingerprint density at radius 3 is 2.20 bits per heavy atom. The first-order chi connectivity index (χ1) is 2.27. The third-order valence-corrected chi connectivity index (χ3v) is 0.358. The Morgan fingerprint density at radius 1 is 2.00 bits per heavy atom. The highest BCUT2D eigenvalue weighted by Gasteiger charge is 1.76. The monoisotopic (exact) mass is 116 g/mol. The van der Waals surface area contributed by atoms with Crippen LogP contribution in [0, 0.1) is 0 Å². The van der Waals surface area contributed by atoms with Gasteiger partial charge in [-0.15, -0.1) is 8.22 Å². The molecule has 0 rings (SSSR count). The van der Waals surface area contributed by atoms with E-state index in [9.17, 15) is 3.89 Å². The fourth-order valence-corrected chi connectivity index (χ4v) is 0. The van der Waals surface area contributed by atoms with Gasteiger partial charge in [0.05, 0.1) is 0 Å². The highest BCUT2D eigenvalue weighted by molar-refractivity contribution is 8.23. The molecule has 0 radical (unpaired) electrons. The van der Waals surface area contributed by atoms with Crippen LogP contribution in [0.3, 0.4) is 0 Å². The van der Waals surface area contributed by atoms with E-state index in [1.807, 2.05) is 0 Å². The SMILES string of the molecule is OOS(F)=S. The molecule has 0 aliphatic rings. The van der Waals surface area contributed by atoms with Crippen LogP contribution in [-0.4, -0.2) is 5.26 Å². The number of hydrogen-bond donors (Lipinski definition) is 1. The predicted molar refractivity (Wildman–Crippen MR) is 19.6 cm³/mol. The average molecular weight is 116 g/mol. The van der Waals surface area contributed by atoms with E-state index in [4.69, 9.17) is 5.26 Å². The second-order valence-corrected chi connectivity index (χ2v) is 1.59. The van der Waals surface area contributed by atoms with Crippen LogP contribution in [0.2, 0.25) is 0 Å². The van der Waals surface area contributed by atoms with Crippen molar-refractivity contribution in [2.75, 3.05) is 0 Å². The fourth-order valence-electron chi connectivity index (χ4n) is 0. The molecule has 0 bridgehead atoms. The van der Waals surface area contributed by atoms with E-state index in [0.29, 0.717) is 0 Å². The zero-order chi connectivity index (χ0) is 4.28. The van der Waals surface area contributed by atoms with Crippen LogP contribution in [0.25, 0.3) is 0 Å². The summed E-state index contributed by atoms with van der Waals surface area (Å²) >= 11 is 3.67. The Kier molecular flexibility index (Phi) is 2.87. The van der Waals surface area contributed by atoms with Crippen LogP contribution >= 0.6 is 0 Å². The molecule has 0 fully saturated rings. The minimum Gasteiger partial charge on any atom is -0.237 e. The first-order valence-electron chi connectivity index (χ1n) is 0.670. The maximum absolute atomic E-state index is 10.8. The Balaban J connectivity index is 2.85. The van der Waals surface area contributed by atoms with Crippen molar-refractivity contribution < 1.29 is 13.5 Å². The molecule has 1 atom stereocenters.